The first-order chi connectivity index (χ1) is 20.0. The Bertz CT molecular complexity index is 1280. The molecule has 11 heteroatoms. The Kier molecular flexibility index (Phi) is 7.99. The summed E-state index contributed by atoms with van der Waals surface area (Å²) >= 11 is 0. The molecule has 2 saturated heterocycles. The highest BCUT2D eigenvalue weighted by Gasteiger charge is 2.41. The Morgan fingerprint density at radius 1 is 1.17 bits per heavy atom. The van der Waals surface area contributed by atoms with Gasteiger partial charge in [-0.15, -0.1) is 0 Å². The first-order valence-corrected chi connectivity index (χ1v) is 15.0. The Morgan fingerprint density at radius 2 is 1.98 bits per heavy atom. The third kappa shape index (κ3) is 5.44. The Balaban J connectivity index is 1.17. The number of hydrogen-bond donors (Lipinski definition) is 2. The van der Waals surface area contributed by atoms with Crippen molar-refractivity contribution in [1.82, 2.24) is 20.2 Å². The van der Waals surface area contributed by atoms with Crippen LogP contribution in [0.25, 0.3) is 0 Å². The second-order valence-electron chi connectivity index (χ2n) is 11.6. The summed E-state index contributed by atoms with van der Waals surface area (Å²) in [5.74, 6) is 1.62. The average Bonchev–Trinajstić information content (AvgIpc) is 3.70. The number of methoxy groups -OCH3 is 1. The van der Waals surface area contributed by atoms with Gasteiger partial charge in [-0.3, -0.25) is 14.5 Å². The van der Waals surface area contributed by atoms with Gasteiger partial charge < -0.3 is 29.9 Å². The van der Waals surface area contributed by atoms with Crippen LogP contribution in [0.5, 0.6) is 5.75 Å². The molecule has 2 N–H and O–H groups in total. The monoisotopic (exact) mass is 563 g/mol. The van der Waals surface area contributed by atoms with Crippen LogP contribution in [0.2, 0.25) is 0 Å². The number of benzene rings is 1. The lowest BCUT2D eigenvalue weighted by Gasteiger charge is -2.43. The molecule has 1 aliphatic carbocycles. The fraction of sp³-hybridized carbons (Fsp3) is 0.600. The Labute approximate surface area is 241 Å². The maximum Gasteiger partial charge on any atom is 0.251 e. The number of nitrogens with one attached hydrogen (secondary N) is 2. The lowest BCUT2D eigenvalue weighted by Crippen LogP contribution is -2.55. The van der Waals surface area contributed by atoms with E-state index in [-0.39, 0.29) is 24.0 Å². The number of morpholine rings is 1. The molecule has 11 nitrogen and oxygen atoms in total. The summed E-state index contributed by atoms with van der Waals surface area (Å²) in [6.07, 6.45) is 9.29. The number of rotatable bonds is 8. The van der Waals surface area contributed by atoms with Crippen molar-refractivity contribution in [3.05, 3.63) is 30.0 Å². The summed E-state index contributed by atoms with van der Waals surface area (Å²) in [4.78, 5) is 41.9. The molecular weight excluding hydrogens is 522 g/mol. The highest BCUT2D eigenvalue weighted by atomic mass is 16.5. The van der Waals surface area contributed by atoms with Crippen LogP contribution < -0.4 is 25.2 Å². The number of carbonyl (C=O) groups is 2. The molecule has 1 aromatic heterocycles. The summed E-state index contributed by atoms with van der Waals surface area (Å²) in [5.41, 5.74) is 1.88. The molecule has 1 aromatic carbocycles. The second-order valence-corrected chi connectivity index (χ2v) is 11.6. The van der Waals surface area contributed by atoms with Crippen LogP contribution >= 0.6 is 0 Å². The molecule has 0 spiro atoms. The summed E-state index contributed by atoms with van der Waals surface area (Å²) < 4.78 is 11.6. The lowest BCUT2D eigenvalue weighted by atomic mass is 10.0. The molecule has 2 amide bonds. The largest absolute Gasteiger partial charge is 0.495 e. The van der Waals surface area contributed by atoms with Crippen LogP contribution in [0.15, 0.2) is 24.4 Å². The van der Waals surface area contributed by atoms with E-state index >= 15 is 0 Å². The van der Waals surface area contributed by atoms with E-state index in [1.807, 2.05) is 6.07 Å². The van der Waals surface area contributed by atoms with E-state index in [0.29, 0.717) is 41.6 Å². The highest BCUT2D eigenvalue weighted by molar-refractivity contribution is 6.04. The van der Waals surface area contributed by atoms with E-state index in [2.05, 4.69) is 32.3 Å². The van der Waals surface area contributed by atoms with Crippen LogP contribution in [0.3, 0.4) is 0 Å². The van der Waals surface area contributed by atoms with E-state index in [1.54, 1.807) is 37.4 Å². The number of hydrogen-bond acceptors (Lipinski definition) is 9. The minimum atomic E-state index is -0.235. The number of nitrogens with zero attached hydrogens (tertiary/aromatic N) is 5. The van der Waals surface area contributed by atoms with Gasteiger partial charge in [-0.05, 0) is 56.8 Å². The zero-order valence-corrected chi connectivity index (χ0v) is 24.3. The number of likely N-dealkylation sites (N-methyl/N-ethyl adjacent to an activating group) is 1. The zero-order chi connectivity index (χ0) is 28.5. The molecule has 3 aliphatic heterocycles. The Morgan fingerprint density at radius 3 is 2.76 bits per heavy atom. The third-order valence-electron chi connectivity index (χ3n) is 9.07. The smallest absolute Gasteiger partial charge is 0.251 e. The lowest BCUT2D eigenvalue weighted by molar-refractivity contribution is -0.120. The van der Waals surface area contributed by atoms with Gasteiger partial charge in [-0.25, -0.2) is 4.98 Å². The van der Waals surface area contributed by atoms with Crippen LogP contribution in [-0.2, 0) is 9.53 Å². The van der Waals surface area contributed by atoms with E-state index in [4.69, 9.17) is 14.5 Å². The molecular formula is C30H41N7O4. The molecule has 0 bridgehead atoms. The van der Waals surface area contributed by atoms with E-state index < -0.39 is 0 Å². The van der Waals surface area contributed by atoms with Crippen molar-refractivity contribution in [2.45, 2.75) is 76.1 Å². The number of ether oxygens (including phenoxy) is 2. The molecule has 0 radical (unpaired) electrons. The number of amides is 2. The van der Waals surface area contributed by atoms with Gasteiger partial charge in [0, 0.05) is 37.8 Å². The van der Waals surface area contributed by atoms with E-state index in [9.17, 15) is 9.59 Å². The van der Waals surface area contributed by atoms with Crippen molar-refractivity contribution in [2.75, 3.05) is 55.5 Å². The van der Waals surface area contributed by atoms with Gasteiger partial charge in [0.25, 0.3) is 5.91 Å². The van der Waals surface area contributed by atoms with Crippen molar-refractivity contribution in [3.8, 4) is 5.75 Å². The Hall–Kier alpha value is -3.44. The van der Waals surface area contributed by atoms with E-state index in [1.165, 1.54) is 12.8 Å². The van der Waals surface area contributed by atoms with Gasteiger partial charge in [0.15, 0.2) is 5.82 Å². The van der Waals surface area contributed by atoms with Gasteiger partial charge in [0.2, 0.25) is 11.9 Å². The van der Waals surface area contributed by atoms with Crippen LogP contribution in [0.1, 0.15) is 62.2 Å². The van der Waals surface area contributed by atoms with Gasteiger partial charge in [-0.2, -0.15) is 4.98 Å². The van der Waals surface area contributed by atoms with Crippen molar-refractivity contribution in [1.29, 1.82) is 0 Å². The van der Waals surface area contributed by atoms with Crippen LogP contribution in [-0.4, -0.2) is 91.3 Å². The topological polar surface area (TPSA) is 112 Å². The minimum Gasteiger partial charge on any atom is -0.495 e. The van der Waals surface area contributed by atoms with Crippen LogP contribution in [0, 0.1) is 0 Å². The first-order valence-electron chi connectivity index (χ1n) is 15.0. The molecule has 0 unspecified atom stereocenters. The van der Waals surface area contributed by atoms with Crippen LogP contribution in [0.4, 0.5) is 23.1 Å². The summed E-state index contributed by atoms with van der Waals surface area (Å²) in [6, 6.07) is 5.89. The normalized spacial score (nSPS) is 24.8. The third-order valence-corrected chi connectivity index (χ3v) is 9.07. The summed E-state index contributed by atoms with van der Waals surface area (Å²) in [5, 5.41) is 6.30. The van der Waals surface area contributed by atoms with Crippen molar-refractivity contribution >= 4 is 35.0 Å². The number of carbonyl (C=O) groups excluding carboxylic acids is 2. The van der Waals surface area contributed by atoms with Gasteiger partial charge in [0.1, 0.15) is 17.5 Å². The van der Waals surface area contributed by atoms with Gasteiger partial charge >= 0.3 is 0 Å². The molecule has 4 aliphatic rings. The molecule has 6 rings (SSSR count). The maximum absolute atomic E-state index is 13.2. The molecule has 1 saturated carbocycles. The van der Waals surface area contributed by atoms with Crippen molar-refractivity contribution in [3.63, 3.8) is 0 Å². The average molecular weight is 564 g/mol. The molecule has 3 fully saturated rings. The molecule has 4 heterocycles. The molecule has 220 valence electrons. The fourth-order valence-electron chi connectivity index (χ4n) is 6.82. The molecule has 41 heavy (non-hydrogen) atoms. The predicted octanol–water partition coefficient (Wildman–Crippen LogP) is 3.33. The number of aromatic nitrogens is 2. The SMILES string of the molecule is CC[C@@H]1C(=O)N(C)c2cnc(Nc3ccc(C(=O)NC[C@H]4CN5CCC[C@H]5CO4)cc3OC)nc2N1C1CCCC1. The van der Waals surface area contributed by atoms with Gasteiger partial charge in [0.05, 0.1) is 31.7 Å². The maximum atomic E-state index is 13.2. The fourth-order valence-corrected chi connectivity index (χ4v) is 6.82. The van der Waals surface area contributed by atoms with Crippen molar-refractivity contribution in [2.24, 2.45) is 0 Å². The van der Waals surface area contributed by atoms with E-state index in [0.717, 1.165) is 63.3 Å². The van der Waals surface area contributed by atoms with Gasteiger partial charge in [-0.1, -0.05) is 19.8 Å². The molecule has 3 atom stereocenters. The summed E-state index contributed by atoms with van der Waals surface area (Å²) in [7, 11) is 3.37. The number of fused-ring (bicyclic) bond motifs is 2. The zero-order valence-electron chi connectivity index (χ0n) is 24.3. The van der Waals surface area contributed by atoms with Crippen molar-refractivity contribution < 1.29 is 19.1 Å². The first kappa shape index (κ1) is 27.7. The predicted molar refractivity (Wildman–Crippen MR) is 157 cm³/mol. The summed E-state index contributed by atoms with van der Waals surface area (Å²) in [6.45, 7) is 5.24. The number of anilines is 4. The highest BCUT2D eigenvalue weighted by Crippen LogP contribution is 2.40. The second kappa shape index (κ2) is 11.8. The molecule has 2 aromatic rings. The quantitative estimate of drug-likeness (QED) is 0.500. The minimum absolute atomic E-state index is 0.00253. The standard InChI is InChI=1S/C30H41N7O4/c1-4-24-29(39)35(2)25-16-32-30(34-27(25)37(24)20-8-5-6-9-20)33-23-12-11-19(14-26(23)40-3)28(38)31-15-22-17-36-13-7-10-21(36)18-41-22/h11-12,14,16,20-22,24H,4-10,13,15,17-18H2,1-3H3,(H,31,38)(H,32,33,34)/t21-,22-,24+/m0/s1.